The van der Waals surface area contributed by atoms with Crippen LogP contribution in [0.1, 0.15) is 56.6 Å². The number of nitro groups is 1. The maximum absolute atomic E-state index is 15.1. The minimum absolute atomic E-state index is 0.0253. The molecule has 0 amide bonds. The van der Waals surface area contributed by atoms with Crippen LogP contribution < -0.4 is 5.32 Å². The molecule has 0 bridgehead atoms. The number of non-ortho nitro benzene ring substituents is 1. The zero-order valence-corrected chi connectivity index (χ0v) is 28.1. The molecule has 47 heavy (non-hydrogen) atoms. The number of hydrogen-bond acceptors (Lipinski definition) is 11. The molecule has 0 aromatic heterocycles. The first-order valence-electron chi connectivity index (χ1n) is 16.1. The van der Waals surface area contributed by atoms with Crippen molar-refractivity contribution in [2.75, 3.05) is 46.6 Å². The Labute approximate surface area is 275 Å². The quantitative estimate of drug-likeness (QED) is 0.103. The Kier molecular flexibility index (Phi) is 12.0. The van der Waals surface area contributed by atoms with Gasteiger partial charge in [-0.2, -0.15) is 0 Å². The highest BCUT2D eigenvalue weighted by Crippen LogP contribution is 2.64. The first kappa shape index (κ1) is 34.9. The molecule has 1 N–H and O–H groups in total. The van der Waals surface area contributed by atoms with Gasteiger partial charge < -0.3 is 28.6 Å². The molecular weight excluding hydrogens is 625 g/mol. The highest BCUT2D eigenvalue weighted by atomic mass is 31.2. The summed E-state index contributed by atoms with van der Waals surface area (Å²) in [6, 6.07) is 16.0. The Bertz CT molecular complexity index is 1490. The van der Waals surface area contributed by atoms with E-state index in [2.05, 4.69) is 5.32 Å². The molecule has 0 aliphatic carbocycles. The summed E-state index contributed by atoms with van der Waals surface area (Å²) in [5.74, 6) is -1.64. The second kappa shape index (κ2) is 16.1. The number of carbonyl (C=O) groups is 1. The van der Waals surface area contributed by atoms with Crippen molar-refractivity contribution >= 4 is 19.3 Å². The van der Waals surface area contributed by atoms with Gasteiger partial charge in [0, 0.05) is 49.8 Å². The number of dihydropyridines is 1. The molecule has 0 radical (unpaired) electrons. The van der Waals surface area contributed by atoms with Gasteiger partial charge in [0.25, 0.3) is 5.69 Å². The molecule has 2 aromatic carbocycles. The highest BCUT2D eigenvalue weighted by molar-refractivity contribution is 7.58. The van der Waals surface area contributed by atoms with Gasteiger partial charge in [0.2, 0.25) is 0 Å². The summed E-state index contributed by atoms with van der Waals surface area (Å²) in [7, 11) is -2.22. The van der Waals surface area contributed by atoms with E-state index in [9.17, 15) is 14.9 Å². The SMILES string of the molecule is CC1=C(C(=O)OCCN(C)Cc2ccccc2)C(c2cccc([N+](=O)[O-])c2)C(P(=O)(OCC2CCCO2)OCC2CCCO2)=C(C)N1. The predicted molar refractivity (Wildman–Crippen MR) is 176 cm³/mol. The second-order valence-corrected chi connectivity index (χ2v) is 14.2. The molecular formula is C34H44N3O9P. The summed E-state index contributed by atoms with van der Waals surface area (Å²) in [5, 5.41) is 15.2. The van der Waals surface area contributed by atoms with Gasteiger partial charge in [-0.15, -0.1) is 0 Å². The lowest BCUT2D eigenvalue weighted by Crippen LogP contribution is -2.31. The molecule has 0 spiro atoms. The van der Waals surface area contributed by atoms with Gasteiger partial charge in [0.1, 0.15) is 6.61 Å². The molecule has 2 aromatic rings. The molecule has 3 heterocycles. The largest absolute Gasteiger partial charge is 0.461 e. The molecule has 3 unspecified atom stereocenters. The highest BCUT2D eigenvalue weighted by Gasteiger charge is 2.46. The molecule has 5 rings (SSSR count). The van der Waals surface area contributed by atoms with E-state index in [0.29, 0.717) is 43.3 Å². The number of allylic oxidation sites excluding steroid dienone is 3. The fourth-order valence-corrected chi connectivity index (χ4v) is 8.33. The lowest BCUT2D eigenvalue weighted by Gasteiger charge is -2.35. The van der Waals surface area contributed by atoms with Crippen molar-refractivity contribution in [2.24, 2.45) is 0 Å². The minimum atomic E-state index is -4.16. The minimum Gasteiger partial charge on any atom is -0.461 e. The van der Waals surface area contributed by atoms with Crippen LogP contribution in [0.4, 0.5) is 5.69 Å². The van der Waals surface area contributed by atoms with Crippen molar-refractivity contribution in [3.8, 4) is 0 Å². The van der Waals surface area contributed by atoms with Gasteiger partial charge in [-0.05, 0) is 57.7 Å². The normalized spacial score (nSPS) is 22.8. The summed E-state index contributed by atoms with van der Waals surface area (Å²) >= 11 is 0. The summed E-state index contributed by atoms with van der Waals surface area (Å²) in [4.78, 5) is 27.3. The van der Waals surface area contributed by atoms with Crippen LogP contribution in [0.2, 0.25) is 0 Å². The van der Waals surface area contributed by atoms with Crippen molar-refractivity contribution < 1.29 is 37.5 Å². The zero-order valence-electron chi connectivity index (χ0n) is 27.2. The first-order chi connectivity index (χ1) is 22.6. The molecule has 3 atom stereocenters. The maximum atomic E-state index is 15.1. The average molecular weight is 670 g/mol. The van der Waals surface area contributed by atoms with E-state index in [1.807, 2.05) is 42.3 Å². The van der Waals surface area contributed by atoms with E-state index < -0.39 is 24.4 Å². The first-order valence-corrected chi connectivity index (χ1v) is 17.6. The molecule has 2 fully saturated rings. The molecule has 12 nitrogen and oxygen atoms in total. The van der Waals surface area contributed by atoms with Gasteiger partial charge in [-0.1, -0.05) is 42.5 Å². The maximum Gasteiger partial charge on any atom is 0.360 e. The zero-order chi connectivity index (χ0) is 33.4. The van der Waals surface area contributed by atoms with E-state index in [1.54, 1.807) is 26.0 Å². The number of carbonyl (C=O) groups excluding carboxylic acids is 1. The molecule has 3 aliphatic rings. The van der Waals surface area contributed by atoms with Crippen LogP contribution in [-0.4, -0.2) is 74.6 Å². The van der Waals surface area contributed by atoms with E-state index in [0.717, 1.165) is 31.2 Å². The van der Waals surface area contributed by atoms with E-state index in [1.165, 1.54) is 12.1 Å². The number of nitrogens with one attached hydrogen (secondary N) is 1. The van der Waals surface area contributed by atoms with Gasteiger partial charge >= 0.3 is 13.6 Å². The Morgan fingerprint density at radius 2 is 1.66 bits per heavy atom. The molecule has 2 saturated heterocycles. The topological polar surface area (TPSA) is 139 Å². The van der Waals surface area contributed by atoms with E-state index >= 15 is 4.57 Å². The van der Waals surface area contributed by atoms with Crippen molar-refractivity contribution in [3.63, 3.8) is 0 Å². The summed E-state index contributed by atoms with van der Waals surface area (Å²) < 4.78 is 44.8. The number of nitro benzene ring substituents is 1. The van der Waals surface area contributed by atoms with Gasteiger partial charge in [0.15, 0.2) is 0 Å². The third kappa shape index (κ3) is 8.95. The second-order valence-electron chi connectivity index (χ2n) is 12.2. The Balaban J connectivity index is 1.45. The number of nitrogens with zero attached hydrogens (tertiary/aromatic N) is 2. The molecule has 254 valence electrons. The smallest absolute Gasteiger partial charge is 0.360 e. The van der Waals surface area contributed by atoms with Crippen molar-refractivity contribution in [1.82, 2.24) is 10.2 Å². The average Bonchev–Trinajstić information content (AvgIpc) is 3.78. The summed E-state index contributed by atoms with van der Waals surface area (Å²) in [5.41, 5.74) is 2.49. The standard InChI is InChI=1S/C34H44N3O9P/c1-24-31(34(38)44-19-16-36(3)21-26-10-5-4-6-11-26)32(27-12-7-13-28(20-27)37(39)40)33(25(2)35-24)47(41,45-22-29-14-8-17-42-29)46-23-30-15-9-18-43-30/h4-7,10-13,20,29-30,32,35H,8-9,14-19,21-23H2,1-3H3. The van der Waals surface area contributed by atoms with Crippen molar-refractivity contribution in [3.05, 3.63) is 98.1 Å². The number of esters is 1. The lowest BCUT2D eigenvalue weighted by atomic mass is 9.86. The molecule has 3 aliphatic heterocycles. The molecule has 13 heteroatoms. The van der Waals surface area contributed by atoms with Crippen LogP contribution in [0.3, 0.4) is 0 Å². The number of likely N-dealkylation sites (N-methyl/N-ethyl adjacent to an activating group) is 1. The summed E-state index contributed by atoms with van der Waals surface area (Å²) in [6.45, 7) is 5.94. The van der Waals surface area contributed by atoms with Crippen LogP contribution >= 0.6 is 7.60 Å². The van der Waals surface area contributed by atoms with Gasteiger partial charge in [0.05, 0.1) is 47.2 Å². The van der Waals surface area contributed by atoms with Crippen LogP contribution in [0.25, 0.3) is 0 Å². The Morgan fingerprint density at radius 1 is 1.00 bits per heavy atom. The third-order valence-electron chi connectivity index (χ3n) is 8.56. The van der Waals surface area contributed by atoms with E-state index in [4.69, 9.17) is 23.3 Å². The van der Waals surface area contributed by atoms with Crippen LogP contribution in [-0.2, 0) is 39.2 Å². The van der Waals surface area contributed by atoms with Crippen molar-refractivity contribution in [2.45, 2.75) is 64.2 Å². The number of ether oxygens (including phenoxy) is 3. The predicted octanol–water partition coefficient (Wildman–Crippen LogP) is 6.05. The Hall–Kier alpha value is -3.38. The number of benzene rings is 2. The Morgan fingerprint density at radius 3 is 2.26 bits per heavy atom. The van der Waals surface area contributed by atoms with Crippen LogP contribution in [0, 0.1) is 10.1 Å². The van der Waals surface area contributed by atoms with Gasteiger partial charge in [-0.3, -0.25) is 19.6 Å². The van der Waals surface area contributed by atoms with Crippen LogP contribution in [0.15, 0.2) is 76.9 Å². The van der Waals surface area contributed by atoms with Gasteiger partial charge in [-0.25, -0.2) is 4.79 Å². The van der Waals surface area contributed by atoms with Crippen molar-refractivity contribution in [1.29, 1.82) is 0 Å². The lowest BCUT2D eigenvalue weighted by molar-refractivity contribution is -0.384. The molecule has 0 saturated carbocycles. The fraction of sp³-hybridized carbons (Fsp3) is 0.500. The summed E-state index contributed by atoms with van der Waals surface area (Å²) in [6.07, 6.45) is 2.74. The number of rotatable bonds is 15. The number of hydrogen-bond donors (Lipinski definition) is 1. The third-order valence-corrected chi connectivity index (χ3v) is 10.7. The monoisotopic (exact) mass is 669 g/mol. The van der Waals surface area contributed by atoms with Crippen LogP contribution in [0.5, 0.6) is 0 Å². The fourth-order valence-electron chi connectivity index (χ4n) is 6.20. The van der Waals surface area contributed by atoms with E-state index in [-0.39, 0.29) is 48.6 Å².